The normalized spacial score (nSPS) is 11.3. The van der Waals surface area contributed by atoms with E-state index in [0.717, 1.165) is 5.39 Å². The highest BCUT2D eigenvalue weighted by Gasteiger charge is 2.17. The molecular formula is C17H20N2O5. The molecule has 1 heterocycles. The summed E-state index contributed by atoms with van der Waals surface area (Å²) in [5.41, 5.74) is 0.372. The molecule has 128 valence electrons. The standard InChI is InChI=1S/C17H20N2O5/c1-17(2,3)24-15(22)9-18-16(23)12-5-4-11-6-7-19(10-14(20)21)13(11)8-12/h4-8H,9-10H2,1-3H3,(H,18,23)(H,20,21). The van der Waals surface area contributed by atoms with Gasteiger partial charge in [0.15, 0.2) is 0 Å². The number of carboxylic acids is 1. The highest BCUT2D eigenvalue weighted by atomic mass is 16.6. The summed E-state index contributed by atoms with van der Waals surface area (Å²) in [5, 5.41) is 12.2. The first-order valence-electron chi connectivity index (χ1n) is 7.46. The largest absolute Gasteiger partial charge is 0.480 e. The first-order chi connectivity index (χ1) is 11.2. The molecule has 1 aromatic carbocycles. The van der Waals surface area contributed by atoms with Gasteiger partial charge < -0.3 is 19.7 Å². The van der Waals surface area contributed by atoms with Crippen LogP contribution >= 0.6 is 0 Å². The number of carbonyl (C=O) groups excluding carboxylic acids is 2. The van der Waals surface area contributed by atoms with E-state index in [1.165, 1.54) is 0 Å². The highest BCUT2D eigenvalue weighted by molar-refractivity contribution is 5.99. The minimum absolute atomic E-state index is 0.188. The number of aromatic nitrogens is 1. The predicted octanol–water partition coefficient (Wildman–Crippen LogP) is 1.80. The maximum absolute atomic E-state index is 12.2. The fraction of sp³-hybridized carbons (Fsp3) is 0.353. The Hall–Kier alpha value is -2.83. The molecule has 24 heavy (non-hydrogen) atoms. The van der Waals surface area contributed by atoms with Gasteiger partial charge in [-0.3, -0.25) is 14.4 Å². The number of aliphatic carboxylic acids is 1. The lowest BCUT2D eigenvalue weighted by molar-refractivity contribution is -0.153. The number of benzene rings is 1. The third-order valence-corrected chi connectivity index (χ3v) is 3.16. The lowest BCUT2D eigenvalue weighted by Gasteiger charge is -2.19. The number of carbonyl (C=O) groups is 3. The van der Waals surface area contributed by atoms with E-state index in [0.29, 0.717) is 11.1 Å². The van der Waals surface area contributed by atoms with Crippen LogP contribution in [0.4, 0.5) is 0 Å². The van der Waals surface area contributed by atoms with Crippen LogP contribution in [-0.2, 0) is 20.9 Å². The molecule has 2 aromatic rings. The summed E-state index contributed by atoms with van der Waals surface area (Å²) in [7, 11) is 0. The summed E-state index contributed by atoms with van der Waals surface area (Å²) in [6.45, 7) is 4.82. The van der Waals surface area contributed by atoms with Gasteiger partial charge >= 0.3 is 11.9 Å². The van der Waals surface area contributed by atoms with Crippen molar-refractivity contribution in [1.82, 2.24) is 9.88 Å². The van der Waals surface area contributed by atoms with Crippen molar-refractivity contribution in [1.29, 1.82) is 0 Å². The van der Waals surface area contributed by atoms with Crippen LogP contribution in [0.2, 0.25) is 0 Å². The van der Waals surface area contributed by atoms with Crippen LogP contribution in [0, 0.1) is 0 Å². The molecule has 0 aliphatic heterocycles. The van der Waals surface area contributed by atoms with E-state index in [9.17, 15) is 14.4 Å². The van der Waals surface area contributed by atoms with E-state index in [-0.39, 0.29) is 13.1 Å². The molecule has 0 saturated carbocycles. The summed E-state index contributed by atoms with van der Waals surface area (Å²) in [4.78, 5) is 34.7. The summed E-state index contributed by atoms with van der Waals surface area (Å²) in [5.74, 6) is -1.91. The lowest BCUT2D eigenvalue weighted by atomic mass is 10.1. The van der Waals surface area contributed by atoms with Gasteiger partial charge in [0.25, 0.3) is 5.91 Å². The monoisotopic (exact) mass is 332 g/mol. The van der Waals surface area contributed by atoms with Crippen LogP contribution in [0.15, 0.2) is 30.5 Å². The molecule has 7 nitrogen and oxygen atoms in total. The van der Waals surface area contributed by atoms with E-state index in [1.54, 1.807) is 55.8 Å². The fourth-order valence-electron chi connectivity index (χ4n) is 2.24. The van der Waals surface area contributed by atoms with Crippen LogP contribution in [0.3, 0.4) is 0 Å². The molecule has 0 spiro atoms. The molecule has 0 atom stereocenters. The second-order valence-corrected chi connectivity index (χ2v) is 6.38. The molecule has 0 saturated heterocycles. The second-order valence-electron chi connectivity index (χ2n) is 6.38. The Morgan fingerprint density at radius 3 is 2.54 bits per heavy atom. The van der Waals surface area contributed by atoms with E-state index >= 15 is 0 Å². The number of hydrogen-bond donors (Lipinski definition) is 2. The molecule has 7 heteroatoms. The number of carboxylic acid groups (broad SMARTS) is 1. The number of ether oxygens (including phenoxy) is 1. The first-order valence-corrected chi connectivity index (χ1v) is 7.46. The Balaban J connectivity index is 2.09. The number of esters is 1. The number of nitrogens with zero attached hydrogens (tertiary/aromatic N) is 1. The molecule has 0 radical (unpaired) electrons. The first kappa shape index (κ1) is 17.5. The van der Waals surface area contributed by atoms with E-state index in [2.05, 4.69) is 5.32 Å². The molecule has 1 aromatic heterocycles. The maximum Gasteiger partial charge on any atom is 0.325 e. The Morgan fingerprint density at radius 2 is 1.92 bits per heavy atom. The van der Waals surface area contributed by atoms with Gasteiger partial charge in [-0.1, -0.05) is 6.07 Å². The van der Waals surface area contributed by atoms with Crippen molar-refractivity contribution < 1.29 is 24.2 Å². The Bertz CT molecular complexity index is 786. The summed E-state index contributed by atoms with van der Waals surface area (Å²) in [6, 6.07) is 6.73. The van der Waals surface area contributed by atoms with Crippen molar-refractivity contribution in [2.24, 2.45) is 0 Å². The zero-order valence-electron chi connectivity index (χ0n) is 13.8. The van der Waals surface area contributed by atoms with Crippen molar-refractivity contribution >= 4 is 28.7 Å². The van der Waals surface area contributed by atoms with Gasteiger partial charge in [-0.15, -0.1) is 0 Å². The molecule has 1 amide bonds. The van der Waals surface area contributed by atoms with Gasteiger partial charge in [-0.05, 0) is 44.4 Å². The highest BCUT2D eigenvalue weighted by Crippen LogP contribution is 2.18. The van der Waals surface area contributed by atoms with Gasteiger partial charge in [0, 0.05) is 17.3 Å². The van der Waals surface area contributed by atoms with Gasteiger partial charge in [-0.25, -0.2) is 0 Å². The molecule has 0 bridgehead atoms. The van der Waals surface area contributed by atoms with Gasteiger partial charge in [0.1, 0.15) is 18.7 Å². The third-order valence-electron chi connectivity index (χ3n) is 3.16. The molecule has 0 aliphatic rings. The van der Waals surface area contributed by atoms with Crippen LogP contribution in [0.25, 0.3) is 10.9 Å². The molecule has 2 rings (SSSR count). The van der Waals surface area contributed by atoms with Crippen molar-refractivity contribution in [3.63, 3.8) is 0 Å². The smallest absolute Gasteiger partial charge is 0.325 e. The SMILES string of the molecule is CC(C)(C)OC(=O)CNC(=O)c1ccc2ccn(CC(=O)O)c2c1. The Morgan fingerprint density at radius 1 is 1.21 bits per heavy atom. The predicted molar refractivity (Wildman–Crippen MR) is 87.8 cm³/mol. The topological polar surface area (TPSA) is 97.6 Å². The average Bonchev–Trinajstić information content (AvgIpc) is 2.84. The number of amides is 1. The zero-order valence-corrected chi connectivity index (χ0v) is 13.8. The zero-order chi connectivity index (χ0) is 17.9. The average molecular weight is 332 g/mol. The summed E-state index contributed by atoms with van der Waals surface area (Å²) >= 11 is 0. The molecule has 0 unspecified atom stereocenters. The molecule has 0 fully saturated rings. The van der Waals surface area contributed by atoms with Crippen molar-refractivity contribution in [3.05, 3.63) is 36.0 Å². The molecular weight excluding hydrogens is 312 g/mol. The van der Waals surface area contributed by atoms with Crippen LogP contribution < -0.4 is 5.32 Å². The third kappa shape index (κ3) is 4.58. The quantitative estimate of drug-likeness (QED) is 0.814. The van der Waals surface area contributed by atoms with E-state index < -0.39 is 23.4 Å². The minimum atomic E-state index is -0.965. The van der Waals surface area contributed by atoms with Crippen molar-refractivity contribution in [3.8, 4) is 0 Å². The number of rotatable bonds is 5. The van der Waals surface area contributed by atoms with Crippen LogP contribution in [0.5, 0.6) is 0 Å². The van der Waals surface area contributed by atoms with Gasteiger partial charge in [-0.2, -0.15) is 0 Å². The van der Waals surface area contributed by atoms with Gasteiger partial charge in [0.2, 0.25) is 0 Å². The Labute approximate surface area is 139 Å². The van der Waals surface area contributed by atoms with Gasteiger partial charge in [0.05, 0.1) is 0 Å². The number of hydrogen-bond acceptors (Lipinski definition) is 4. The van der Waals surface area contributed by atoms with E-state index in [4.69, 9.17) is 9.84 Å². The maximum atomic E-state index is 12.2. The number of fused-ring (bicyclic) bond motifs is 1. The number of nitrogens with one attached hydrogen (secondary N) is 1. The van der Waals surface area contributed by atoms with Crippen LogP contribution in [-0.4, -0.2) is 39.7 Å². The van der Waals surface area contributed by atoms with Crippen LogP contribution in [0.1, 0.15) is 31.1 Å². The minimum Gasteiger partial charge on any atom is -0.480 e. The summed E-state index contributed by atoms with van der Waals surface area (Å²) < 4.78 is 6.67. The van der Waals surface area contributed by atoms with E-state index in [1.807, 2.05) is 0 Å². The summed E-state index contributed by atoms with van der Waals surface area (Å²) in [6.07, 6.45) is 1.65. The molecule has 2 N–H and O–H groups in total. The Kier molecular flexibility index (Phi) is 4.92. The van der Waals surface area contributed by atoms with Crippen molar-refractivity contribution in [2.75, 3.05) is 6.54 Å². The second kappa shape index (κ2) is 6.74. The molecule has 0 aliphatic carbocycles. The fourth-order valence-corrected chi connectivity index (χ4v) is 2.24. The lowest BCUT2D eigenvalue weighted by Crippen LogP contribution is -2.34. The van der Waals surface area contributed by atoms with Crippen molar-refractivity contribution in [2.45, 2.75) is 32.9 Å².